The largest absolute Gasteiger partial charge is 0.341 e. The van der Waals surface area contributed by atoms with E-state index in [-0.39, 0.29) is 17.9 Å². The summed E-state index contributed by atoms with van der Waals surface area (Å²) in [6.45, 7) is 2.73. The fraction of sp³-hybridized carbons (Fsp3) is 0.381. The van der Waals surface area contributed by atoms with Gasteiger partial charge in [0.05, 0.1) is 4.90 Å². The molecule has 1 aliphatic heterocycles. The molecule has 0 aliphatic carbocycles. The predicted molar refractivity (Wildman–Crippen MR) is 103 cm³/mol. The number of alkyl halides is 2. The third-order valence-corrected chi connectivity index (χ3v) is 6.75. The maximum atomic E-state index is 13.0. The summed E-state index contributed by atoms with van der Waals surface area (Å²) in [5.41, 5.74) is 1.50. The second-order valence-corrected chi connectivity index (χ2v) is 8.88. The van der Waals surface area contributed by atoms with Crippen LogP contribution >= 0.6 is 0 Å². The number of rotatable bonds is 6. The average molecular weight is 407 g/mol. The molecule has 0 unspecified atom stereocenters. The van der Waals surface area contributed by atoms with Crippen LogP contribution in [-0.4, -0.2) is 37.6 Å². The Balaban J connectivity index is 1.83. The molecule has 2 aromatic rings. The van der Waals surface area contributed by atoms with Gasteiger partial charge in [0.2, 0.25) is 9.84 Å². The molecule has 2 atom stereocenters. The van der Waals surface area contributed by atoms with Crippen molar-refractivity contribution in [1.29, 1.82) is 0 Å². The van der Waals surface area contributed by atoms with Crippen molar-refractivity contribution in [3.05, 3.63) is 65.7 Å². The zero-order chi connectivity index (χ0) is 20.3. The van der Waals surface area contributed by atoms with Crippen molar-refractivity contribution in [3.8, 4) is 0 Å². The van der Waals surface area contributed by atoms with Crippen molar-refractivity contribution in [2.45, 2.75) is 48.8 Å². The normalized spacial score (nSPS) is 18.4. The Morgan fingerprint density at radius 2 is 1.75 bits per heavy atom. The maximum absolute atomic E-state index is 13.0. The van der Waals surface area contributed by atoms with Crippen LogP contribution < -0.4 is 0 Å². The molecule has 0 radical (unpaired) electrons. The third-order valence-electron chi connectivity index (χ3n) is 5.36. The minimum Gasteiger partial charge on any atom is -0.335 e. The van der Waals surface area contributed by atoms with Gasteiger partial charge < -0.3 is 4.90 Å². The van der Waals surface area contributed by atoms with Gasteiger partial charge in [-0.05, 0) is 49.1 Å². The molecule has 7 heteroatoms. The van der Waals surface area contributed by atoms with E-state index < -0.39 is 20.5 Å². The van der Waals surface area contributed by atoms with E-state index in [2.05, 4.69) is 19.1 Å². The zero-order valence-corrected chi connectivity index (χ0v) is 16.4. The van der Waals surface area contributed by atoms with Gasteiger partial charge in [0.15, 0.2) is 0 Å². The molecule has 1 saturated heterocycles. The van der Waals surface area contributed by atoms with Gasteiger partial charge in [-0.15, -0.1) is 0 Å². The minimum atomic E-state index is -4.66. The minimum absolute atomic E-state index is 0.0596. The molecule has 3 rings (SSSR count). The van der Waals surface area contributed by atoms with Crippen LogP contribution in [-0.2, 0) is 9.84 Å². The summed E-state index contributed by atoms with van der Waals surface area (Å²) in [6.07, 6.45) is 2.69. The van der Waals surface area contributed by atoms with Crippen LogP contribution in [0.4, 0.5) is 8.78 Å². The molecule has 0 spiro atoms. The summed E-state index contributed by atoms with van der Waals surface area (Å²) in [5, 5.41) is 0. The third kappa shape index (κ3) is 3.94. The lowest BCUT2D eigenvalue weighted by molar-refractivity contribution is 0.0714. The smallest absolute Gasteiger partial charge is 0.335 e. The molecule has 0 bridgehead atoms. The first-order valence-corrected chi connectivity index (χ1v) is 10.9. The Hall–Kier alpha value is -2.28. The van der Waals surface area contributed by atoms with Gasteiger partial charge >= 0.3 is 5.76 Å². The SMILES string of the molecule is CC[C@@H](c1ccccc1)[C@H]1CCCN1C(=O)c1ccc(S(=O)(=O)C(F)F)cc1. The molecule has 1 amide bonds. The number of nitrogens with zero attached hydrogens (tertiary/aromatic N) is 1. The van der Waals surface area contributed by atoms with Crippen LogP contribution in [0.3, 0.4) is 0 Å². The lowest BCUT2D eigenvalue weighted by atomic mass is 9.87. The van der Waals surface area contributed by atoms with Crippen LogP contribution in [0.15, 0.2) is 59.5 Å². The monoisotopic (exact) mass is 407 g/mol. The molecule has 0 N–H and O–H groups in total. The number of hydrogen-bond donors (Lipinski definition) is 0. The molecule has 0 saturated carbocycles. The topological polar surface area (TPSA) is 54.5 Å². The van der Waals surface area contributed by atoms with Gasteiger partial charge in [0, 0.05) is 24.1 Å². The van der Waals surface area contributed by atoms with Gasteiger partial charge in [-0.3, -0.25) is 4.79 Å². The highest BCUT2D eigenvalue weighted by Gasteiger charge is 2.35. The van der Waals surface area contributed by atoms with Crippen molar-refractivity contribution < 1.29 is 22.0 Å². The van der Waals surface area contributed by atoms with Crippen LogP contribution in [0.1, 0.15) is 48.0 Å². The van der Waals surface area contributed by atoms with Gasteiger partial charge in [-0.2, -0.15) is 8.78 Å². The van der Waals surface area contributed by atoms with E-state index >= 15 is 0 Å². The number of carbonyl (C=O) groups excluding carboxylic acids is 1. The van der Waals surface area contributed by atoms with Gasteiger partial charge in [0.25, 0.3) is 5.91 Å². The van der Waals surface area contributed by atoms with Crippen molar-refractivity contribution in [1.82, 2.24) is 4.90 Å². The summed E-state index contributed by atoms with van der Waals surface area (Å²) in [5.74, 6) is -3.46. The zero-order valence-electron chi connectivity index (χ0n) is 15.6. The molecule has 0 aromatic heterocycles. The molecule has 4 nitrogen and oxygen atoms in total. The van der Waals surface area contributed by atoms with Crippen LogP contribution in [0, 0.1) is 0 Å². The number of hydrogen-bond acceptors (Lipinski definition) is 3. The molecule has 1 fully saturated rings. The number of amides is 1. The van der Waals surface area contributed by atoms with Crippen LogP contribution in [0.5, 0.6) is 0 Å². The first-order valence-electron chi connectivity index (χ1n) is 9.34. The summed E-state index contributed by atoms with van der Waals surface area (Å²) in [7, 11) is -4.66. The molecule has 2 aromatic carbocycles. The van der Waals surface area contributed by atoms with Crippen molar-refractivity contribution >= 4 is 15.7 Å². The number of carbonyl (C=O) groups is 1. The van der Waals surface area contributed by atoms with Crippen molar-refractivity contribution in [2.24, 2.45) is 0 Å². The molecule has 150 valence electrons. The predicted octanol–water partition coefficient (Wildman–Crippen LogP) is 4.48. The maximum Gasteiger partial charge on any atom is 0.341 e. The number of sulfone groups is 1. The van der Waals surface area contributed by atoms with E-state index in [4.69, 9.17) is 0 Å². The fourth-order valence-electron chi connectivity index (χ4n) is 3.95. The van der Waals surface area contributed by atoms with E-state index in [0.717, 1.165) is 31.4 Å². The highest BCUT2D eigenvalue weighted by Crippen LogP contribution is 2.34. The first kappa shape index (κ1) is 20.5. The number of likely N-dealkylation sites (tertiary alicyclic amines) is 1. The molecular weight excluding hydrogens is 384 g/mol. The van der Waals surface area contributed by atoms with Crippen molar-refractivity contribution in [3.63, 3.8) is 0 Å². The summed E-state index contributed by atoms with van der Waals surface area (Å²) >= 11 is 0. The van der Waals surface area contributed by atoms with Gasteiger partial charge in [-0.25, -0.2) is 8.42 Å². The molecule has 1 heterocycles. The lowest BCUT2D eigenvalue weighted by Gasteiger charge is -2.31. The first-order chi connectivity index (χ1) is 13.4. The summed E-state index contributed by atoms with van der Waals surface area (Å²) in [4.78, 5) is 14.4. The quantitative estimate of drug-likeness (QED) is 0.709. The van der Waals surface area contributed by atoms with E-state index in [9.17, 15) is 22.0 Å². The Morgan fingerprint density at radius 3 is 2.32 bits per heavy atom. The van der Waals surface area contributed by atoms with Crippen molar-refractivity contribution in [2.75, 3.05) is 6.54 Å². The lowest BCUT2D eigenvalue weighted by Crippen LogP contribution is -2.39. The fourth-order valence-corrected chi connectivity index (χ4v) is 4.67. The average Bonchev–Trinajstić information content (AvgIpc) is 3.18. The Morgan fingerprint density at radius 1 is 1.11 bits per heavy atom. The highest BCUT2D eigenvalue weighted by molar-refractivity contribution is 7.91. The number of halogens is 2. The Bertz CT molecular complexity index is 914. The number of benzene rings is 2. The van der Waals surface area contributed by atoms with E-state index in [1.165, 1.54) is 17.7 Å². The second-order valence-electron chi connectivity index (χ2n) is 6.96. The summed E-state index contributed by atoms with van der Waals surface area (Å²) < 4.78 is 48.5. The van der Waals surface area contributed by atoms with Crippen LogP contribution in [0.25, 0.3) is 0 Å². The van der Waals surface area contributed by atoms with E-state index in [0.29, 0.717) is 12.1 Å². The summed E-state index contributed by atoms with van der Waals surface area (Å²) in [6, 6.07) is 14.9. The Labute approximate surface area is 164 Å². The van der Waals surface area contributed by atoms with Gasteiger partial charge in [0.1, 0.15) is 0 Å². The highest BCUT2D eigenvalue weighted by atomic mass is 32.2. The van der Waals surface area contributed by atoms with Gasteiger partial charge in [-0.1, -0.05) is 37.3 Å². The van der Waals surface area contributed by atoms with E-state index in [1.54, 1.807) is 0 Å². The standard InChI is InChI=1S/C21H23F2NO3S/c1-2-18(15-7-4-3-5-8-15)19-9-6-14-24(19)20(25)16-10-12-17(13-11-16)28(26,27)21(22)23/h3-5,7-8,10-13,18-19,21H,2,6,9,14H2,1H3/t18-,19+/m0/s1. The molecular formula is C21H23F2NO3S. The molecule has 1 aliphatic rings. The molecule has 28 heavy (non-hydrogen) atoms. The van der Waals surface area contributed by atoms with E-state index in [1.807, 2.05) is 23.1 Å². The Kier molecular flexibility index (Phi) is 6.13. The van der Waals surface area contributed by atoms with Crippen LogP contribution in [0.2, 0.25) is 0 Å². The second kappa shape index (κ2) is 8.39.